The summed E-state index contributed by atoms with van der Waals surface area (Å²) >= 11 is 0. The number of hydrogen-bond acceptors (Lipinski definition) is 5. The summed E-state index contributed by atoms with van der Waals surface area (Å²) in [7, 11) is 1.70. The SMILES string of the molecule is COc1ccccc1CN1CCC2(CCCCOC[C@@H](C)NC(=O)[C@H](CC(C)C)NC2=O)CC1. The minimum Gasteiger partial charge on any atom is -0.496 e. The van der Waals surface area contributed by atoms with E-state index in [1.54, 1.807) is 7.11 Å². The maximum Gasteiger partial charge on any atom is 0.242 e. The third-order valence-electron chi connectivity index (χ3n) is 7.16. The van der Waals surface area contributed by atoms with Gasteiger partial charge < -0.3 is 20.1 Å². The van der Waals surface area contributed by atoms with Gasteiger partial charge in [-0.2, -0.15) is 0 Å². The Labute approximate surface area is 204 Å². The molecule has 3 rings (SSSR count). The molecule has 2 fully saturated rings. The standard InChI is InChI=1S/C27H43N3O4/c1-20(2)17-23-25(31)28-21(3)19-34-16-8-7-11-27(26(32)29-23)12-14-30(15-13-27)18-22-9-5-6-10-24(22)33-4/h5-6,9-10,20-21,23H,7-8,11-19H2,1-4H3,(H,28,31)(H,29,32)/t21-,23+/m1/s1. The second-order valence-corrected chi connectivity index (χ2v) is 10.5. The van der Waals surface area contributed by atoms with Crippen LogP contribution in [0.4, 0.5) is 0 Å². The van der Waals surface area contributed by atoms with Gasteiger partial charge in [0.25, 0.3) is 0 Å². The van der Waals surface area contributed by atoms with Crippen LogP contribution in [0.25, 0.3) is 0 Å². The highest BCUT2D eigenvalue weighted by atomic mass is 16.5. The molecule has 2 N–H and O–H groups in total. The van der Waals surface area contributed by atoms with E-state index in [-0.39, 0.29) is 17.9 Å². The molecule has 0 unspecified atom stereocenters. The summed E-state index contributed by atoms with van der Waals surface area (Å²) in [6.45, 7) is 9.78. The molecule has 2 atom stereocenters. The third kappa shape index (κ3) is 7.19. The van der Waals surface area contributed by atoms with Gasteiger partial charge in [-0.1, -0.05) is 38.5 Å². The van der Waals surface area contributed by atoms with Crippen molar-refractivity contribution in [1.82, 2.24) is 15.5 Å². The number of nitrogens with one attached hydrogen (secondary N) is 2. The molecule has 2 aliphatic rings. The van der Waals surface area contributed by atoms with E-state index in [0.29, 0.717) is 25.6 Å². The molecule has 2 heterocycles. The number of benzene rings is 1. The molecule has 0 radical (unpaired) electrons. The Hall–Kier alpha value is -2.12. The van der Waals surface area contributed by atoms with Gasteiger partial charge in [-0.05, 0) is 64.1 Å². The molecule has 7 heteroatoms. The Kier molecular flexibility index (Phi) is 9.77. The number of methoxy groups -OCH3 is 1. The second kappa shape index (κ2) is 12.5. The molecule has 1 aromatic rings. The monoisotopic (exact) mass is 473 g/mol. The quantitative estimate of drug-likeness (QED) is 0.684. The van der Waals surface area contributed by atoms with Gasteiger partial charge in [-0.25, -0.2) is 0 Å². The van der Waals surface area contributed by atoms with Crippen molar-refractivity contribution in [2.24, 2.45) is 11.3 Å². The first-order chi connectivity index (χ1) is 16.3. The van der Waals surface area contributed by atoms with Gasteiger partial charge in [0.05, 0.1) is 19.1 Å². The number of nitrogens with zero attached hydrogens (tertiary/aromatic N) is 1. The number of para-hydroxylation sites is 1. The molecule has 34 heavy (non-hydrogen) atoms. The Morgan fingerprint density at radius 3 is 2.56 bits per heavy atom. The first kappa shape index (κ1) is 26.5. The van der Waals surface area contributed by atoms with Gasteiger partial charge in [0.1, 0.15) is 11.8 Å². The van der Waals surface area contributed by atoms with Crippen LogP contribution in [-0.4, -0.2) is 62.2 Å². The van der Waals surface area contributed by atoms with Gasteiger partial charge >= 0.3 is 0 Å². The van der Waals surface area contributed by atoms with Crippen molar-refractivity contribution in [3.05, 3.63) is 29.8 Å². The summed E-state index contributed by atoms with van der Waals surface area (Å²) in [5.74, 6) is 1.13. The number of piperidine rings is 1. The van der Waals surface area contributed by atoms with E-state index in [1.807, 2.05) is 25.1 Å². The topological polar surface area (TPSA) is 79.9 Å². The number of likely N-dealkylation sites (tertiary alicyclic amines) is 1. The number of carbonyl (C=O) groups is 2. The minimum absolute atomic E-state index is 0.0399. The highest BCUT2D eigenvalue weighted by Gasteiger charge is 2.42. The van der Waals surface area contributed by atoms with Crippen LogP contribution in [0.1, 0.15) is 64.9 Å². The molecule has 2 amide bonds. The number of carbonyl (C=O) groups excluding carboxylic acids is 2. The maximum absolute atomic E-state index is 13.7. The molecule has 0 aromatic heterocycles. The number of ether oxygens (including phenoxy) is 2. The smallest absolute Gasteiger partial charge is 0.242 e. The lowest BCUT2D eigenvalue weighted by molar-refractivity contribution is -0.138. The lowest BCUT2D eigenvalue weighted by Gasteiger charge is -2.41. The van der Waals surface area contributed by atoms with Crippen LogP contribution in [0.15, 0.2) is 24.3 Å². The fourth-order valence-electron chi connectivity index (χ4n) is 5.13. The fraction of sp³-hybridized carbons (Fsp3) is 0.704. The maximum atomic E-state index is 13.7. The predicted molar refractivity (Wildman–Crippen MR) is 134 cm³/mol. The average Bonchev–Trinajstić information content (AvgIpc) is 2.82. The Morgan fingerprint density at radius 1 is 1.12 bits per heavy atom. The minimum atomic E-state index is -0.515. The largest absolute Gasteiger partial charge is 0.496 e. The van der Waals surface area contributed by atoms with Crippen molar-refractivity contribution < 1.29 is 19.1 Å². The zero-order chi connectivity index (χ0) is 24.6. The van der Waals surface area contributed by atoms with Crippen molar-refractivity contribution in [3.63, 3.8) is 0 Å². The lowest BCUT2D eigenvalue weighted by Crippen LogP contribution is -2.55. The van der Waals surface area contributed by atoms with E-state index in [1.165, 1.54) is 5.56 Å². The zero-order valence-corrected chi connectivity index (χ0v) is 21.4. The van der Waals surface area contributed by atoms with Crippen molar-refractivity contribution in [1.29, 1.82) is 0 Å². The normalized spacial score (nSPS) is 25.1. The molecule has 190 valence electrons. The van der Waals surface area contributed by atoms with Gasteiger partial charge in [0.2, 0.25) is 11.8 Å². The van der Waals surface area contributed by atoms with Crippen molar-refractivity contribution in [2.45, 2.75) is 77.9 Å². The Morgan fingerprint density at radius 2 is 1.85 bits per heavy atom. The van der Waals surface area contributed by atoms with Crippen molar-refractivity contribution in [2.75, 3.05) is 33.4 Å². The van der Waals surface area contributed by atoms with Crippen LogP contribution in [0.3, 0.4) is 0 Å². The predicted octanol–water partition coefficient (Wildman–Crippen LogP) is 3.51. The van der Waals surface area contributed by atoms with Crippen LogP contribution in [-0.2, 0) is 20.9 Å². The Balaban J connectivity index is 1.72. The third-order valence-corrected chi connectivity index (χ3v) is 7.16. The van der Waals surface area contributed by atoms with Crippen LogP contribution < -0.4 is 15.4 Å². The van der Waals surface area contributed by atoms with Gasteiger partial charge in [-0.3, -0.25) is 14.5 Å². The Bertz CT molecular complexity index is 805. The summed E-state index contributed by atoms with van der Waals surface area (Å²) in [6.07, 6.45) is 4.92. The highest BCUT2D eigenvalue weighted by Crippen LogP contribution is 2.38. The molecule has 1 spiro atoms. The lowest BCUT2D eigenvalue weighted by atomic mass is 9.73. The summed E-state index contributed by atoms with van der Waals surface area (Å²) in [6, 6.07) is 7.53. The summed E-state index contributed by atoms with van der Waals surface area (Å²) < 4.78 is 11.3. The molecule has 2 aliphatic heterocycles. The summed E-state index contributed by atoms with van der Waals surface area (Å²) in [5.41, 5.74) is 0.729. The van der Waals surface area contributed by atoms with E-state index in [9.17, 15) is 9.59 Å². The molecular weight excluding hydrogens is 430 g/mol. The van der Waals surface area contributed by atoms with Crippen LogP contribution in [0.2, 0.25) is 0 Å². The van der Waals surface area contributed by atoms with E-state index >= 15 is 0 Å². The molecule has 0 aliphatic carbocycles. The average molecular weight is 474 g/mol. The van der Waals surface area contributed by atoms with E-state index < -0.39 is 11.5 Å². The summed E-state index contributed by atoms with van der Waals surface area (Å²) in [5, 5.41) is 6.20. The molecule has 7 nitrogen and oxygen atoms in total. The molecule has 2 saturated heterocycles. The molecule has 0 saturated carbocycles. The first-order valence-corrected chi connectivity index (χ1v) is 12.9. The summed E-state index contributed by atoms with van der Waals surface area (Å²) in [4.78, 5) is 29.1. The van der Waals surface area contributed by atoms with E-state index in [2.05, 4.69) is 35.4 Å². The van der Waals surface area contributed by atoms with Gasteiger partial charge in [0, 0.05) is 24.8 Å². The van der Waals surface area contributed by atoms with Crippen LogP contribution in [0.5, 0.6) is 5.75 Å². The molecular formula is C27H43N3O4. The number of hydrogen-bond donors (Lipinski definition) is 2. The van der Waals surface area contributed by atoms with Crippen LogP contribution >= 0.6 is 0 Å². The fourth-order valence-corrected chi connectivity index (χ4v) is 5.13. The molecule has 0 bridgehead atoms. The number of amides is 2. The van der Waals surface area contributed by atoms with E-state index in [0.717, 1.165) is 57.5 Å². The van der Waals surface area contributed by atoms with E-state index in [4.69, 9.17) is 9.47 Å². The highest BCUT2D eigenvalue weighted by molar-refractivity contribution is 5.90. The second-order valence-electron chi connectivity index (χ2n) is 10.5. The van der Waals surface area contributed by atoms with Gasteiger partial charge in [0.15, 0.2) is 0 Å². The number of rotatable bonds is 5. The van der Waals surface area contributed by atoms with Gasteiger partial charge in [-0.15, -0.1) is 0 Å². The van der Waals surface area contributed by atoms with Crippen molar-refractivity contribution in [3.8, 4) is 5.75 Å². The molecule has 1 aromatic carbocycles. The van der Waals surface area contributed by atoms with Crippen molar-refractivity contribution >= 4 is 11.8 Å². The zero-order valence-electron chi connectivity index (χ0n) is 21.4. The first-order valence-electron chi connectivity index (χ1n) is 12.9. The van der Waals surface area contributed by atoms with Crippen LogP contribution in [0, 0.1) is 11.3 Å².